The van der Waals surface area contributed by atoms with Gasteiger partial charge in [-0.25, -0.2) is 0 Å². The smallest absolute Gasteiger partial charge is 0.0643 e. The van der Waals surface area contributed by atoms with Crippen molar-refractivity contribution >= 4 is 11.6 Å². The van der Waals surface area contributed by atoms with Crippen molar-refractivity contribution in [1.29, 1.82) is 0 Å². The summed E-state index contributed by atoms with van der Waals surface area (Å²) in [5.41, 5.74) is 4.84. The van der Waals surface area contributed by atoms with Crippen LogP contribution in [0.15, 0.2) is 42.6 Å². The molecule has 1 aromatic carbocycles. The second-order valence-electron chi connectivity index (χ2n) is 6.34. The topological polar surface area (TPSA) is 12.9 Å². The summed E-state index contributed by atoms with van der Waals surface area (Å²) in [6.07, 6.45) is 2.66. The maximum Gasteiger partial charge on any atom is 0.0643 e. The van der Waals surface area contributed by atoms with Gasteiger partial charge in [-0.3, -0.25) is 4.98 Å². The van der Waals surface area contributed by atoms with E-state index in [0.29, 0.717) is 0 Å². The van der Waals surface area contributed by atoms with Crippen LogP contribution in [0.3, 0.4) is 0 Å². The minimum atomic E-state index is -0.0411. The molecule has 20 heavy (non-hydrogen) atoms. The summed E-state index contributed by atoms with van der Waals surface area (Å²) < 4.78 is 0. The van der Waals surface area contributed by atoms with Crippen LogP contribution < -0.4 is 0 Å². The van der Waals surface area contributed by atoms with Crippen molar-refractivity contribution in [3.05, 3.63) is 65.0 Å². The Balaban J connectivity index is 2.25. The van der Waals surface area contributed by atoms with Gasteiger partial charge in [-0.2, -0.15) is 0 Å². The van der Waals surface area contributed by atoms with Gasteiger partial charge in [0.1, 0.15) is 0 Å². The number of alkyl halides is 1. The number of hydrogen-bond acceptors (Lipinski definition) is 1. The highest BCUT2D eigenvalue weighted by atomic mass is 35.5. The minimum Gasteiger partial charge on any atom is -0.261 e. The molecule has 1 nitrogen and oxygen atoms in total. The second kappa shape index (κ2) is 5.97. The lowest BCUT2D eigenvalue weighted by atomic mass is 9.82. The molecular weight excluding hydrogens is 266 g/mol. The molecule has 0 N–H and O–H groups in total. The third kappa shape index (κ3) is 3.61. The van der Waals surface area contributed by atoms with Gasteiger partial charge in [0.15, 0.2) is 0 Å². The lowest BCUT2D eigenvalue weighted by molar-refractivity contribution is 0.580. The Hall–Kier alpha value is -1.34. The maximum absolute atomic E-state index is 6.65. The fraction of sp³-hybridized carbons (Fsp3) is 0.389. The normalized spacial score (nSPS) is 13.2. The number of rotatable bonds is 3. The fourth-order valence-corrected chi connectivity index (χ4v) is 2.71. The number of aromatic nitrogens is 1. The van der Waals surface area contributed by atoms with Gasteiger partial charge < -0.3 is 0 Å². The van der Waals surface area contributed by atoms with E-state index in [1.807, 2.05) is 13.1 Å². The van der Waals surface area contributed by atoms with E-state index >= 15 is 0 Å². The van der Waals surface area contributed by atoms with Gasteiger partial charge >= 0.3 is 0 Å². The highest BCUT2D eigenvalue weighted by molar-refractivity contribution is 6.21. The molecule has 0 amide bonds. The van der Waals surface area contributed by atoms with Gasteiger partial charge in [0.2, 0.25) is 0 Å². The Morgan fingerprint density at radius 3 is 2.40 bits per heavy atom. The molecule has 0 spiro atoms. The number of hydrogen-bond donors (Lipinski definition) is 0. The van der Waals surface area contributed by atoms with Crippen LogP contribution in [0.5, 0.6) is 0 Å². The number of aryl methyl sites for hydroxylation is 1. The molecule has 2 heteroatoms. The summed E-state index contributed by atoms with van der Waals surface area (Å²) in [6, 6.07) is 12.6. The van der Waals surface area contributed by atoms with Crippen molar-refractivity contribution in [3.8, 4) is 0 Å². The summed E-state index contributed by atoms with van der Waals surface area (Å²) >= 11 is 6.65. The molecule has 1 unspecified atom stereocenters. The molecular formula is C18H22ClN. The predicted molar refractivity (Wildman–Crippen MR) is 86.4 cm³/mol. The first-order chi connectivity index (χ1) is 9.38. The fourth-order valence-electron chi connectivity index (χ4n) is 2.37. The van der Waals surface area contributed by atoms with E-state index in [2.05, 4.69) is 62.2 Å². The zero-order valence-corrected chi connectivity index (χ0v) is 13.4. The molecule has 0 aliphatic rings. The summed E-state index contributed by atoms with van der Waals surface area (Å²) in [4.78, 5) is 4.45. The van der Waals surface area contributed by atoms with E-state index in [1.165, 1.54) is 16.7 Å². The van der Waals surface area contributed by atoms with Crippen LogP contribution >= 0.6 is 11.6 Å². The zero-order valence-electron chi connectivity index (χ0n) is 12.7. The van der Waals surface area contributed by atoms with Crippen molar-refractivity contribution < 1.29 is 0 Å². The van der Waals surface area contributed by atoms with Gasteiger partial charge in [-0.15, -0.1) is 11.6 Å². The molecule has 0 aliphatic carbocycles. The molecule has 0 aliphatic heterocycles. The van der Waals surface area contributed by atoms with E-state index in [-0.39, 0.29) is 10.8 Å². The quantitative estimate of drug-likeness (QED) is 0.706. The minimum absolute atomic E-state index is 0.0411. The van der Waals surface area contributed by atoms with Gasteiger partial charge in [0.05, 0.1) is 5.38 Å². The van der Waals surface area contributed by atoms with Crippen LogP contribution in [0.25, 0.3) is 0 Å². The first kappa shape index (κ1) is 15.1. The number of nitrogens with zero attached hydrogens (tertiary/aromatic N) is 1. The lowest BCUT2D eigenvalue weighted by Gasteiger charge is -2.25. The van der Waals surface area contributed by atoms with Gasteiger partial charge in [-0.1, -0.05) is 51.1 Å². The molecule has 0 fully saturated rings. The Morgan fingerprint density at radius 1 is 1.10 bits per heavy atom. The molecule has 106 valence electrons. The summed E-state index contributed by atoms with van der Waals surface area (Å²) in [5, 5.41) is -0.0411. The zero-order chi connectivity index (χ0) is 14.8. The van der Waals surface area contributed by atoms with Crippen LogP contribution in [0.1, 0.15) is 48.5 Å². The Labute approximate surface area is 127 Å². The molecule has 2 aromatic rings. The van der Waals surface area contributed by atoms with Crippen molar-refractivity contribution in [2.75, 3.05) is 0 Å². The van der Waals surface area contributed by atoms with E-state index in [9.17, 15) is 0 Å². The Morgan fingerprint density at radius 2 is 1.80 bits per heavy atom. The van der Waals surface area contributed by atoms with Crippen molar-refractivity contribution in [3.63, 3.8) is 0 Å². The van der Waals surface area contributed by atoms with E-state index in [4.69, 9.17) is 11.6 Å². The maximum atomic E-state index is 6.65. The molecule has 1 aromatic heterocycles. The summed E-state index contributed by atoms with van der Waals surface area (Å²) in [7, 11) is 0. The number of halogens is 1. The van der Waals surface area contributed by atoms with Gasteiger partial charge in [0, 0.05) is 18.3 Å². The molecule has 0 saturated carbocycles. The Bertz CT molecular complexity index is 567. The second-order valence-corrected chi connectivity index (χ2v) is 6.86. The van der Waals surface area contributed by atoms with Crippen LogP contribution in [0.2, 0.25) is 0 Å². The molecule has 2 rings (SSSR count). The van der Waals surface area contributed by atoms with E-state index in [1.54, 1.807) is 0 Å². The summed E-state index contributed by atoms with van der Waals surface area (Å²) in [6.45, 7) is 8.71. The Kier molecular flexibility index (Phi) is 4.49. The standard InChI is InChI=1S/C18H22ClN/c1-13-9-10-14(20-12-13)11-17(19)15-7-5-6-8-16(15)18(2,3)4/h5-10,12,17H,11H2,1-4H3. The van der Waals surface area contributed by atoms with Crippen LogP contribution in [-0.2, 0) is 11.8 Å². The van der Waals surface area contributed by atoms with Crippen LogP contribution in [0, 0.1) is 6.92 Å². The molecule has 1 atom stereocenters. The lowest BCUT2D eigenvalue weighted by Crippen LogP contribution is -2.15. The third-order valence-electron chi connectivity index (χ3n) is 3.47. The number of pyridine rings is 1. The predicted octanol–water partition coefficient (Wildman–Crippen LogP) is 5.21. The molecule has 1 heterocycles. The van der Waals surface area contributed by atoms with Crippen molar-refractivity contribution in [2.24, 2.45) is 0 Å². The highest BCUT2D eigenvalue weighted by Crippen LogP contribution is 2.34. The average Bonchev–Trinajstić information content (AvgIpc) is 2.40. The van der Waals surface area contributed by atoms with Gasteiger partial charge in [0.25, 0.3) is 0 Å². The summed E-state index contributed by atoms with van der Waals surface area (Å²) in [5.74, 6) is 0. The monoisotopic (exact) mass is 287 g/mol. The van der Waals surface area contributed by atoms with Crippen molar-refractivity contribution in [1.82, 2.24) is 4.98 Å². The van der Waals surface area contributed by atoms with E-state index < -0.39 is 0 Å². The largest absolute Gasteiger partial charge is 0.261 e. The molecule has 0 bridgehead atoms. The first-order valence-corrected chi connectivity index (χ1v) is 7.46. The average molecular weight is 288 g/mol. The van der Waals surface area contributed by atoms with Gasteiger partial charge in [-0.05, 0) is 35.1 Å². The highest BCUT2D eigenvalue weighted by Gasteiger charge is 2.21. The first-order valence-electron chi connectivity index (χ1n) is 7.03. The van der Waals surface area contributed by atoms with Crippen molar-refractivity contribution in [2.45, 2.75) is 44.9 Å². The van der Waals surface area contributed by atoms with Crippen LogP contribution in [-0.4, -0.2) is 4.98 Å². The molecule has 0 saturated heterocycles. The van der Waals surface area contributed by atoms with E-state index in [0.717, 1.165) is 12.1 Å². The number of benzene rings is 1. The van der Waals surface area contributed by atoms with Crippen LogP contribution in [0.4, 0.5) is 0 Å². The molecule has 0 radical (unpaired) electrons. The third-order valence-corrected chi connectivity index (χ3v) is 3.86. The SMILES string of the molecule is Cc1ccc(CC(Cl)c2ccccc2C(C)(C)C)nc1.